The quantitative estimate of drug-likeness (QED) is 0.233. The summed E-state index contributed by atoms with van der Waals surface area (Å²) >= 11 is 0. The lowest BCUT2D eigenvalue weighted by atomic mass is 9.78. The molecule has 264 valence electrons. The van der Waals surface area contributed by atoms with E-state index in [0.29, 0.717) is 24.4 Å². The fourth-order valence-electron chi connectivity index (χ4n) is 7.17. The number of nitrogens with one attached hydrogen (secondary N) is 2. The van der Waals surface area contributed by atoms with Crippen molar-refractivity contribution in [2.45, 2.75) is 62.8 Å². The molecule has 2 unspecified atom stereocenters. The minimum absolute atomic E-state index is 0.0120. The summed E-state index contributed by atoms with van der Waals surface area (Å²) < 4.78 is 12.1. The molecule has 2 aliphatic carbocycles. The van der Waals surface area contributed by atoms with Gasteiger partial charge in [0.1, 0.15) is 23.6 Å². The third kappa shape index (κ3) is 6.25. The summed E-state index contributed by atoms with van der Waals surface area (Å²) in [6.07, 6.45) is 12.9. The molecule has 4 atom stereocenters. The van der Waals surface area contributed by atoms with Gasteiger partial charge in [-0.1, -0.05) is 62.4 Å². The highest BCUT2D eigenvalue weighted by Gasteiger charge is 2.52. The zero-order valence-corrected chi connectivity index (χ0v) is 28.5. The number of nitrogens with zero attached hydrogens (tertiary/aromatic N) is 6. The maximum atomic E-state index is 13.0. The lowest BCUT2D eigenvalue weighted by Gasteiger charge is -2.40. The maximum absolute atomic E-state index is 13.0. The molecule has 4 aliphatic rings. The number of aromatic nitrogens is 5. The van der Waals surface area contributed by atoms with Crippen LogP contribution in [0.3, 0.4) is 0 Å². The second-order valence-corrected chi connectivity index (χ2v) is 13.9. The van der Waals surface area contributed by atoms with Crippen LogP contribution in [0.4, 0.5) is 0 Å². The lowest BCUT2D eigenvalue weighted by Crippen LogP contribution is -2.64. The summed E-state index contributed by atoms with van der Waals surface area (Å²) in [6.45, 7) is 4.31. The third-order valence-corrected chi connectivity index (χ3v) is 10.3. The van der Waals surface area contributed by atoms with Crippen molar-refractivity contribution < 1.29 is 28.7 Å². The molecule has 4 aromatic rings. The van der Waals surface area contributed by atoms with Gasteiger partial charge < -0.3 is 14.8 Å². The van der Waals surface area contributed by atoms with Gasteiger partial charge in [0.15, 0.2) is 5.82 Å². The normalized spacial score (nSPS) is 25.5. The summed E-state index contributed by atoms with van der Waals surface area (Å²) in [5, 5.41) is 13.9. The van der Waals surface area contributed by atoms with Gasteiger partial charge in [-0.2, -0.15) is 15.2 Å². The first-order valence-corrected chi connectivity index (χ1v) is 17.2. The molecule has 4 heterocycles. The van der Waals surface area contributed by atoms with Gasteiger partial charge in [-0.3, -0.25) is 29.4 Å². The first-order chi connectivity index (χ1) is 25.1. The second kappa shape index (κ2) is 13.3. The molecule has 2 N–H and O–H groups in total. The van der Waals surface area contributed by atoms with Crippen molar-refractivity contribution in [1.82, 2.24) is 40.5 Å². The van der Waals surface area contributed by atoms with Crippen molar-refractivity contribution >= 4 is 23.6 Å². The van der Waals surface area contributed by atoms with Gasteiger partial charge in [-0.25, -0.2) is 4.98 Å². The zero-order chi connectivity index (χ0) is 36.0. The highest BCUT2D eigenvalue weighted by molar-refractivity contribution is 6.12. The van der Waals surface area contributed by atoms with E-state index in [-0.39, 0.29) is 30.0 Å². The van der Waals surface area contributed by atoms with E-state index in [2.05, 4.69) is 56.8 Å². The number of imide groups is 2. The first-order valence-electron chi connectivity index (χ1n) is 17.2. The Bertz CT molecular complexity index is 2040. The highest BCUT2D eigenvalue weighted by atomic mass is 16.5. The number of fused-ring (bicyclic) bond motifs is 1. The third-order valence-electron chi connectivity index (χ3n) is 10.3. The van der Waals surface area contributed by atoms with Gasteiger partial charge in [0.2, 0.25) is 23.6 Å². The molecule has 14 nitrogen and oxygen atoms in total. The Balaban J connectivity index is 0.836. The van der Waals surface area contributed by atoms with Gasteiger partial charge in [-0.15, -0.1) is 4.80 Å². The Labute approximate surface area is 298 Å². The average molecular weight is 701 g/mol. The SMILES string of the molecule is CC(C)(c1ccc(Oc2nccc(-n3nccn3)n2)cc1)c1ccc(OC2CC(N[C@@H]3C[C@@H](N4C(=O)C5C=CC=CC5C4=O)C(=O)NC3=O)C2)cc1. The van der Waals surface area contributed by atoms with E-state index in [1.165, 1.54) is 4.80 Å². The number of likely N-dealkylation sites (tertiary alicyclic amines) is 1. The fraction of sp³-hybridized carbons (Fsp3) is 0.316. The van der Waals surface area contributed by atoms with E-state index in [9.17, 15) is 19.2 Å². The molecule has 0 spiro atoms. The van der Waals surface area contributed by atoms with Gasteiger partial charge in [0.25, 0.3) is 0 Å². The summed E-state index contributed by atoms with van der Waals surface area (Å²) in [7, 11) is 0. The van der Waals surface area contributed by atoms with Crippen LogP contribution in [0.2, 0.25) is 0 Å². The van der Waals surface area contributed by atoms with Gasteiger partial charge in [-0.05, 0) is 48.2 Å². The van der Waals surface area contributed by atoms with Crippen molar-refractivity contribution in [2.75, 3.05) is 0 Å². The van der Waals surface area contributed by atoms with Crippen LogP contribution in [0, 0.1) is 11.8 Å². The Hall–Kier alpha value is -6.02. The Kier molecular flexibility index (Phi) is 8.46. The standard InChI is InChI=1S/C38H36N8O6/c1-38(2,23-9-13-26(14-10-23)52-37-39-16-15-32(43-37)46-40-17-18-41-46)22-7-11-25(12-8-22)51-27-19-24(20-27)42-30-21-31(34(48)44-33(30)47)45-35(49)28-5-3-4-6-29(28)36(45)50/h3-18,24,27-31,42H,19-21H2,1-2H3,(H,44,47,48)/t24?,27?,28?,29?,30-,31-/m1/s1. The summed E-state index contributed by atoms with van der Waals surface area (Å²) in [5.41, 5.74) is 1.90. The molecule has 0 radical (unpaired) electrons. The average Bonchev–Trinajstić information content (AvgIpc) is 3.76. The van der Waals surface area contributed by atoms with Crippen LogP contribution in [-0.2, 0) is 24.6 Å². The topological polar surface area (TPSA) is 171 Å². The van der Waals surface area contributed by atoms with Crippen LogP contribution in [0.15, 0.2) is 97.5 Å². The Morgan fingerprint density at radius 3 is 2.02 bits per heavy atom. The number of piperidine rings is 1. The number of rotatable bonds is 10. The number of benzene rings is 2. The first kappa shape index (κ1) is 33.1. The summed E-state index contributed by atoms with van der Waals surface area (Å²) in [6, 6.07) is 16.0. The van der Waals surface area contributed by atoms with Crippen LogP contribution < -0.4 is 20.1 Å². The van der Waals surface area contributed by atoms with Crippen LogP contribution in [0.25, 0.3) is 5.82 Å². The largest absolute Gasteiger partial charge is 0.490 e. The van der Waals surface area contributed by atoms with Gasteiger partial charge in [0, 0.05) is 30.1 Å². The van der Waals surface area contributed by atoms with Crippen molar-refractivity contribution in [3.63, 3.8) is 0 Å². The summed E-state index contributed by atoms with van der Waals surface area (Å²) in [5.74, 6) is -1.26. The van der Waals surface area contributed by atoms with Gasteiger partial charge in [0.05, 0.1) is 30.3 Å². The van der Waals surface area contributed by atoms with Crippen molar-refractivity contribution in [2.24, 2.45) is 11.8 Å². The maximum Gasteiger partial charge on any atom is 0.324 e. The minimum Gasteiger partial charge on any atom is -0.490 e. The van der Waals surface area contributed by atoms with Crippen LogP contribution in [0.1, 0.15) is 44.2 Å². The van der Waals surface area contributed by atoms with E-state index in [0.717, 1.165) is 21.8 Å². The van der Waals surface area contributed by atoms with Crippen LogP contribution in [0.5, 0.6) is 17.5 Å². The van der Waals surface area contributed by atoms with Crippen molar-refractivity contribution in [3.8, 4) is 23.3 Å². The van der Waals surface area contributed by atoms with Crippen molar-refractivity contribution in [1.29, 1.82) is 0 Å². The number of ether oxygens (including phenoxy) is 2. The molecule has 2 saturated heterocycles. The highest BCUT2D eigenvalue weighted by Crippen LogP contribution is 2.36. The van der Waals surface area contributed by atoms with Gasteiger partial charge >= 0.3 is 6.01 Å². The summed E-state index contributed by atoms with van der Waals surface area (Å²) in [4.78, 5) is 62.6. The molecule has 2 aliphatic heterocycles. The van der Waals surface area contributed by atoms with E-state index in [1.807, 2.05) is 36.4 Å². The second-order valence-electron chi connectivity index (χ2n) is 13.9. The number of hydrogen-bond donors (Lipinski definition) is 2. The Morgan fingerprint density at radius 2 is 1.38 bits per heavy atom. The molecule has 14 heteroatoms. The number of carbonyl (C=O) groups excluding carboxylic acids is 4. The smallest absolute Gasteiger partial charge is 0.324 e. The minimum atomic E-state index is -1.03. The number of allylic oxidation sites excluding steroid dienone is 2. The predicted molar refractivity (Wildman–Crippen MR) is 185 cm³/mol. The molecule has 1 saturated carbocycles. The predicted octanol–water partition coefficient (Wildman–Crippen LogP) is 3.19. The van der Waals surface area contributed by atoms with E-state index >= 15 is 0 Å². The number of hydrogen-bond acceptors (Lipinski definition) is 11. The molecule has 8 rings (SSSR count). The van der Waals surface area contributed by atoms with E-state index in [1.54, 1.807) is 49.0 Å². The van der Waals surface area contributed by atoms with E-state index in [4.69, 9.17) is 9.47 Å². The van der Waals surface area contributed by atoms with E-state index < -0.39 is 47.5 Å². The molecular weight excluding hydrogens is 664 g/mol. The molecule has 0 bridgehead atoms. The lowest BCUT2D eigenvalue weighted by molar-refractivity contribution is -0.152. The monoisotopic (exact) mass is 700 g/mol. The van der Waals surface area contributed by atoms with Crippen molar-refractivity contribution in [3.05, 3.63) is 109 Å². The van der Waals surface area contributed by atoms with Crippen LogP contribution in [-0.4, -0.2) is 77.7 Å². The Morgan fingerprint density at radius 1 is 0.769 bits per heavy atom. The molecular formula is C38H36N8O6. The number of amides is 4. The molecule has 4 amide bonds. The molecule has 2 aromatic heterocycles. The molecule has 52 heavy (non-hydrogen) atoms. The molecule has 2 aromatic carbocycles. The number of carbonyl (C=O) groups is 4. The zero-order valence-electron chi connectivity index (χ0n) is 28.5. The van der Waals surface area contributed by atoms with Crippen LogP contribution >= 0.6 is 0 Å². The molecule has 3 fully saturated rings. The fourth-order valence-corrected chi connectivity index (χ4v) is 7.17.